The Morgan fingerprint density at radius 3 is 2.33 bits per heavy atom. The molecule has 0 spiro atoms. The SMILES string of the molecule is COc1cc(OC)cc(C(=O)N2CCN(c3nc(CC(C)C)nc4sc5c(c34)CCCCC5)CC2)c1. The molecule has 1 aliphatic heterocycles. The van der Waals surface area contributed by atoms with Gasteiger partial charge in [-0.25, -0.2) is 9.97 Å². The van der Waals surface area contributed by atoms with Gasteiger partial charge in [-0.1, -0.05) is 20.3 Å². The van der Waals surface area contributed by atoms with Gasteiger partial charge in [-0.3, -0.25) is 4.79 Å². The fourth-order valence-corrected chi connectivity index (χ4v) is 6.55. The second-order valence-electron chi connectivity index (χ2n) is 10.2. The van der Waals surface area contributed by atoms with E-state index >= 15 is 0 Å². The molecule has 5 rings (SSSR count). The van der Waals surface area contributed by atoms with E-state index in [0.717, 1.165) is 48.8 Å². The molecule has 8 heteroatoms. The second-order valence-corrected chi connectivity index (χ2v) is 11.3. The maximum absolute atomic E-state index is 13.3. The fraction of sp³-hybridized carbons (Fsp3) is 0.536. The Morgan fingerprint density at radius 1 is 0.972 bits per heavy atom. The molecule has 0 N–H and O–H groups in total. The predicted octanol–water partition coefficient (Wildman–Crippen LogP) is 5.14. The summed E-state index contributed by atoms with van der Waals surface area (Å²) in [5, 5.41) is 1.27. The standard InChI is InChI=1S/C28H36N4O3S/c1-18(2)14-24-29-26(25-22-8-6-5-7-9-23(22)36-27(25)30-24)31-10-12-32(13-11-31)28(33)19-15-20(34-3)17-21(16-19)35-4/h15-18H,5-14H2,1-4H3. The summed E-state index contributed by atoms with van der Waals surface area (Å²) in [5.41, 5.74) is 2.06. The predicted molar refractivity (Wildman–Crippen MR) is 145 cm³/mol. The van der Waals surface area contributed by atoms with E-state index in [4.69, 9.17) is 19.4 Å². The molecule has 3 heterocycles. The van der Waals surface area contributed by atoms with Crippen molar-refractivity contribution in [1.29, 1.82) is 0 Å². The topological polar surface area (TPSA) is 67.8 Å². The van der Waals surface area contributed by atoms with Crippen LogP contribution in [0.4, 0.5) is 5.82 Å². The number of aryl methyl sites for hydroxylation is 2. The minimum absolute atomic E-state index is 0.00424. The van der Waals surface area contributed by atoms with Gasteiger partial charge in [0.05, 0.1) is 19.6 Å². The zero-order valence-electron chi connectivity index (χ0n) is 21.8. The summed E-state index contributed by atoms with van der Waals surface area (Å²) in [7, 11) is 3.20. The number of aromatic nitrogens is 2. The second kappa shape index (κ2) is 10.6. The third kappa shape index (κ3) is 5.01. The van der Waals surface area contributed by atoms with Gasteiger partial charge in [-0.05, 0) is 49.3 Å². The number of hydrogen-bond acceptors (Lipinski definition) is 7. The lowest BCUT2D eigenvalue weighted by atomic mass is 10.1. The number of benzene rings is 1. The van der Waals surface area contributed by atoms with Crippen LogP contribution in [0.3, 0.4) is 0 Å². The summed E-state index contributed by atoms with van der Waals surface area (Å²) >= 11 is 1.88. The highest BCUT2D eigenvalue weighted by atomic mass is 32.1. The number of hydrogen-bond donors (Lipinski definition) is 0. The van der Waals surface area contributed by atoms with Crippen LogP contribution in [-0.4, -0.2) is 61.2 Å². The lowest BCUT2D eigenvalue weighted by molar-refractivity contribution is 0.0746. The van der Waals surface area contributed by atoms with Gasteiger partial charge in [-0.15, -0.1) is 11.3 Å². The molecule has 36 heavy (non-hydrogen) atoms. The Labute approximate surface area is 217 Å². The molecule has 1 saturated heterocycles. The molecule has 0 atom stereocenters. The molecule has 1 aliphatic carbocycles. The highest BCUT2D eigenvalue weighted by molar-refractivity contribution is 7.19. The quantitative estimate of drug-likeness (QED) is 0.430. The van der Waals surface area contributed by atoms with Crippen LogP contribution >= 0.6 is 11.3 Å². The van der Waals surface area contributed by atoms with Crippen molar-refractivity contribution >= 4 is 33.3 Å². The minimum atomic E-state index is 0.00424. The van der Waals surface area contributed by atoms with Gasteiger partial charge in [0.25, 0.3) is 5.91 Å². The molecule has 1 aromatic carbocycles. The van der Waals surface area contributed by atoms with E-state index in [1.807, 2.05) is 16.2 Å². The number of amides is 1. The average Bonchev–Trinajstić information content (AvgIpc) is 3.07. The summed E-state index contributed by atoms with van der Waals surface area (Å²) < 4.78 is 10.7. The highest BCUT2D eigenvalue weighted by Gasteiger charge is 2.28. The Morgan fingerprint density at radius 2 is 1.67 bits per heavy atom. The molecule has 0 bridgehead atoms. The van der Waals surface area contributed by atoms with Crippen LogP contribution in [0.15, 0.2) is 18.2 Å². The average molecular weight is 509 g/mol. The third-order valence-corrected chi connectivity index (χ3v) is 8.33. The Hall–Kier alpha value is -2.87. The van der Waals surface area contributed by atoms with Crippen molar-refractivity contribution in [2.75, 3.05) is 45.3 Å². The molecule has 0 saturated carbocycles. The van der Waals surface area contributed by atoms with Gasteiger partial charge in [0, 0.05) is 49.1 Å². The number of rotatable bonds is 6. The lowest BCUT2D eigenvalue weighted by Gasteiger charge is -2.36. The molecular formula is C28H36N4O3S. The van der Waals surface area contributed by atoms with Gasteiger partial charge in [-0.2, -0.15) is 0 Å². The monoisotopic (exact) mass is 508 g/mol. The molecule has 3 aromatic rings. The van der Waals surface area contributed by atoms with Crippen LogP contribution in [0.25, 0.3) is 10.2 Å². The first kappa shape index (κ1) is 24.8. The van der Waals surface area contributed by atoms with Gasteiger partial charge < -0.3 is 19.3 Å². The number of nitrogens with zero attached hydrogens (tertiary/aromatic N) is 4. The number of methoxy groups -OCH3 is 2. The van der Waals surface area contributed by atoms with Crippen molar-refractivity contribution in [3.8, 4) is 11.5 Å². The van der Waals surface area contributed by atoms with E-state index in [-0.39, 0.29) is 5.91 Å². The summed E-state index contributed by atoms with van der Waals surface area (Å²) in [6.45, 7) is 7.24. The number of carbonyl (C=O) groups is 1. The van der Waals surface area contributed by atoms with E-state index in [9.17, 15) is 4.79 Å². The maximum atomic E-state index is 13.3. The Balaban J connectivity index is 1.42. The van der Waals surface area contributed by atoms with Crippen LogP contribution in [0.2, 0.25) is 0 Å². The number of anilines is 1. The highest BCUT2D eigenvalue weighted by Crippen LogP contribution is 2.39. The van der Waals surface area contributed by atoms with Crippen molar-refractivity contribution in [1.82, 2.24) is 14.9 Å². The molecule has 192 valence electrons. The molecule has 1 fully saturated rings. The van der Waals surface area contributed by atoms with Crippen LogP contribution in [0.5, 0.6) is 11.5 Å². The van der Waals surface area contributed by atoms with Gasteiger partial charge in [0.2, 0.25) is 0 Å². The summed E-state index contributed by atoms with van der Waals surface area (Å²) in [4.78, 5) is 30.4. The fourth-order valence-electron chi connectivity index (χ4n) is 5.28. The van der Waals surface area contributed by atoms with Crippen LogP contribution < -0.4 is 14.4 Å². The summed E-state index contributed by atoms with van der Waals surface area (Å²) in [6, 6.07) is 5.35. The summed E-state index contributed by atoms with van der Waals surface area (Å²) in [6.07, 6.45) is 6.94. The first-order valence-corrected chi connectivity index (χ1v) is 13.9. The van der Waals surface area contributed by atoms with E-state index in [1.54, 1.807) is 32.4 Å². The molecule has 0 unspecified atom stereocenters. The van der Waals surface area contributed by atoms with Crippen LogP contribution in [-0.2, 0) is 19.3 Å². The number of piperazine rings is 1. The zero-order valence-corrected chi connectivity index (χ0v) is 22.6. The molecule has 2 aliphatic rings. The van der Waals surface area contributed by atoms with Gasteiger partial charge in [0.15, 0.2) is 0 Å². The van der Waals surface area contributed by atoms with Crippen molar-refractivity contribution in [2.24, 2.45) is 5.92 Å². The number of thiophene rings is 1. The summed E-state index contributed by atoms with van der Waals surface area (Å²) in [5.74, 6) is 3.76. The minimum Gasteiger partial charge on any atom is -0.497 e. The molecule has 1 amide bonds. The van der Waals surface area contributed by atoms with Crippen molar-refractivity contribution in [3.63, 3.8) is 0 Å². The van der Waals surface area contributed by atoms with Crippen molar-refractivity contribution in [3.05, 3.63) is 40.0 Å². The molecule has 2 aromatic heterocycles. The smallest absolute Gasteiger partial charge is 0.254 e. The Kier molecular flexibility index (Phi) is 7.32. The van der Waals surface area contributed by atoms with E-state index in [0.29, 0.717) is 36.1 Å². The maximum Gasteiger partial charge on any atom is 0.254 e. The molecular weight excluding hydrogens is 472 g/mol. The first-order chi connectivity index (χ1) is 17.5. The van der Waals surface area contributed by atoms with E-state index in [2.05, 4.69) is 18.7 Å². The largest absolute Gasteiger partial charge is 0.497 e. The lowest BCUT2D eigenvalue weighted by Crippen LogP contribution is -2.49. The van der Waals surface area contributed by atoms with Crippen LogP contribution in [0.1, 0.15) is 59.7 Å². The number of ether oxygens (including phenoxy) is 2. The molecule has 0 radical (unpaired) electrons. The van der Waals surface area contributed by atoms with E-state index < -0.39 is 0 Å². The van der Waals surface area contributed by atoms with Gasteiger partial charge in [0.1, 0.15) is 28.0 Å². The van der Waals surface area contributed by atoms with Crippen LogP contribution in [0, 0.1) is 5.92 Å². The number of fused-ring (bicyclic) bond motifs is 3. The van der Waals surface area contributed by atoms with Crippen molar-refractivity contribution < 1.29 is 14.3 Å². The Bertz CT molecular complexity index is 1230. The van der Waals surface area contributed by atoms with E-state index in [1.165, 1.54) is 35.1 Å². The molecule has 7 nitrogen and oxygen atoms in total. The third-order valence-electron chi connectivity index (χ3n) is 7.15. The normalized spacial score (nSPS) is 16.2. The first-order valence-electron chi connectivity index (χ1n) is 13.0. The number of carbonyl (C=O) groups excluding carboxylic acids is 1. The van der Waals surface area contributed by atoms with Crippen molar-refractivity contribution in [2.45, 2.75) is 52.4 Å². The van der Waals surface area contributed by atoms with Gasteiger partial charge >= 0.3 is 0 Å². The zero-order chi connectivity index (χ0) is 25.2.